The van der Waals surface area contributed by atoms with E-state index in [1.807, 2.05) is 6.07 Å². The molecule has 0 aliphatic heterocycles. The number of ether oxygens (including phenoxy) is 2. The molecule has 1 rings (SSSR count). The molecule has 26 heavy (non-hydrogen) atoms. The van der Waals surface area contributed by atoms with Crippen LogP contribution in [0.4, 0.5) is 0 Å². The number of carbonyl (C=O) groups excluding carboxylic acids is 1. The summed E-state index contributed by atoms with van der Waals surface area (Å²) in [6.07, 6.45) is 9.63. The quantitative estimate of drug-likeness (QED) is 0.326. The number of rotatable bonds is 15. The number of carbonyl (C=O) groups is 1. The zero-order valence-corrected chi connectivity index (χ0v) is 17.3. The Balaban J connectivity index is 2.64. The third-order valence-corrected chi connectivity index (χ3v) is 4.81. The van der Waals surface area contributed by atoms with Gasteiger partial charge in [-0.15, -0.1) is 0 Å². The van der Waals surface area contributed by atoms with Gasteiger partial charge >= 0.3 is 0 Å². The number of hydrogen-bond acceptors (Lipinski definition) is 3. The van der Waals surface area contributed by atoms with E-state index < -0.39 is 0 Å². The minimum absolute atomic E-state index is 0.156. The predicted octanol–water partition coefficient (Wildman–Crippen LogP) is 6.69. The molecule has 0 aliphatic rings. The van der Waals surface area contributed by atoms with Gasteiger partial charge in [0.1, 0.15) is 18.1 Å². The van der Waals surface area contributed by atoms with Crippen LogP contribution in [-0.2, 0) is 4.79 Å². The second-order valence-electron chi connectivity index (χ2n) is 7.24. The van der Waals surface area contributed by atoms with Crippen molar-refractivity contribution in [1.29, 1.82) is 0 Å². The van der Waals surface area contributed by atoms with Crippen LogP contribution in [0.25, 0.3) is 0 Å². The van der Waals surface area contributed by atoms with E-state index in [1.54, 1.807) is 0 Å². The van der Waals surface area contributed by atoms with Crippen LogP contribution in [0.5, 0.6) is 11.5 Å². The Kier molecular flexibility index (Phi) is 11.8. The minimum Gasteiger partial charge on any atom is -0.493 e. The van der Waals surface area contributed by atoms with E-state index in [0.717, 1.165) is 50.2 Å². The van der Waals surface area contributed by atoms with Gasteiger partial charge < -0.3 is 9.47 Å². The lowest BCUT2D eigenvalue weighted by Crippen LogP contribution is -2.11. The Hall–Kier alpha value is -1.51. The van der Waals surface area contributed by atoms with Crippen molar-refractivity contribution < 1.29 is 14.3 Å². The van der Waals surface area contributed by atoms with Gasteiger partial charge in [-0.1, -0.05) is 59.8 Å². The first-order chi connectivity index (χ1) is 12.6. The van der Waals surface area contributed by atoms with Crippen molar-refractivity contribution in [2.45, 2.75) is 91.4 Å². The van der Waals surface area contributed by atoms with Crippen LogP contribution in [0, 0.1) is 0 Å². The SMILES string of the molecule is CCCCCCOc1cc(OCC(=O)CCCCC)cc(C(C)CC)c1. The molecular weight excluding hydrogens is 324 g/mol. The molecule has 0 amide bonds. The Labute approximate surface area is 160 Å². The normalized spacial score (nSPS) is 12.0. The number of hydrogen-bond donors (Lipinski definition) is 0. The largest absolute Gasteiger partial charge is 0.493 e. The maximum absolute atomic E-state index is 12.0. The van der Waals surface area contributed by atoms with Gasteiger partial charge in [-0.3, -0.25) is 4.79 Å². The van der Waals surface area contributed by atoms with E-state index in [9.17, 15) is 4.79 Å². The molecule has 1 atom stereocenters. The van der Waals surface area contributed by atoms with Crippen molar-refractivity contribution in [2.24, 2.45) is 0 Å². The zero-order valence-electron chi connectivity index (χ0n) is 17.3. The predicted molar refractivity (Wildman–Crippen MR) is 109 cm³/mol. The molecule has 3 heteroatoms. The Morgan fingerprint density at radius 3 is 2.19 bits per heavy atom. The van der Waals surface area contributed by atoms with Gasteiger partial charge in [0.2, 0.25) is 0 Å². The number of benzene rings is 1. The van der Waals surface area contributed by atoms with Crippen molar-refractivity contribution in [1.82, 2.24) is 0 Å². The van der Waals surface area contributed by atoms with Crippen LogP contribution < -0.4 is 9.47 Å². The molecular formula is C23H38O3. The lowest BCUT2D eigenvalue weighted by atomic mass is 9.98. The highest BCUT2D eigenvalue weighted by atomic mass is 16.5. The molecule has 0 spiro atoms. The van der Waals surface area contributed by atoms with Crippen LogP contribution in [-0.4, -0.2) is 19.0 Å². The lowest BCUT2D eigenvalue weighted by molar-refractivity contribution is -0.121. The highest BCUT2D eigenvalue weighted by Gasteiger charge is 2.10. The Morgan fingerprint density at radius 2 is 1.54 bits per heavy atom. The van der Waals surface area contributed by atoms with Gasteiger partial charge in [0.25, 0.3) is 0 Å². The van der Waals surface area contributed by atoms with Gasteiger partial charge in [-0.05, 0) is 42.9 Å². The van der Waals surface area contributed by atoms with E-state index in [0.29, 0.717) is 12.3 Å². The standard InChI is InChI=1S/C23H38O3/c1-5-8-10-12-14-25-22-15-20(19(4)7-3)16-23(17-22)26-18-21(24)13-11-9-6-2/h15-17,19H,5-14,18H2,1-4H3. The molecule has 0 aliphatic carbocycles. The van der Waals surface area contributed by atoms with Crippen molar-refractivity contribution in [3.05, 3.63) is 23.8 Å². The summed E-state index contributed by atoms with van der Waals surface area (Å²) in [6.45, 7) is 9.64. The minimum atomic E-state index is 0.156. The molecule has 1 aromatic carbocycles. The monoisotopic (exact) mass is 362 g/mol. The molecule has 3 nitrogen and oxygen atoms in total. The first-order valence-corrected chi connectivity index (χ1v) is 10.5. The highest BCUT2D eigenvalue weighted by Crippen LogP contribution is 2.29. The van der Waals surface area contributed by atoms with E-state index in [-0.39, 0.29) is 12.4 Å². The molecule has 0 radical (unpaired) electrons. The van der Waals surface area contributed by atoms with E-state index in [2.05, 4.69) is 39.8 Å². The van der Waals surface area contributed by atoms with Gasteiger partial charge in [0, 0.05) is 12.5 Å². The second-order valence-corrected chi connectivity index (χ2v) is 7.24. The first kappa shape index (κ1) is 22.5. The van der Waals surface area contributed by atoms with Gasteiger partial charge in [0.05, 0.1) is 6.61 Å². The second kappa shape index (κ2) is 13.7. The molecule has 1 unspecified atom stereocenters. The average molecular weight is 363 g/mol. The third kappa shape index (κ3) is 9.26. The summed E-state index contributed by atoms with van der Waals surface area (Å²) in [5, 5.41) is 0. The van der Waals surface area contributed by atoms with Crippen molar-refractivity contribution in [2.75, 3.05) is 13.2 Å². The number of Topliss-reactive ketones (excluding diaryl/α,β-unsaturated/α-hetero) is 1. The molecule has 148 valence electrons. The fraction of sp³-hybridized carbons (Fsp3) is 0.696. The summed E-state index contributed by atoms with van der Waals surface area (Å²) in [5.41, 5.74) is 1.21. The van der Waals surface area contributed by atoms with Gasteiger partial charge in [-0.25, -0.2) is 0 Å². The molecule has 0 saturated carbocycles. The lowest BCUT2D eigenvalue weighted by Gasteiger charge is -2.15. The molecule has 0 N–H and O–H groups in total. The fourth-order valence-corrected chi connectivity index (χ4v) is 2.81. The Bertz CT molecular complexity index is 510. The third-order valence-electron chi connectivity index (χ3n) is 4.81. The van der Waals surface area contributed by atoms with Crippen molar-refractivity contribution >= 4 is 5.78 Å². The van der Waals surface area contributed by atoms with E-state index >= 15 is 0 Å². The molecule has 0 bridgehead atoms. The number of unbranched alkanes of at least 4 members (excludes halogenated alkanes) is 5. The summed E-state index contributed by atoms with van der Waals surface area (Å²) >= 11 is 0. The summed E-state index contributed by atoms with van der Waals surface area (Å²) in [6, 6.07) is 6.09. The first-order valence-electron chi connectivity index (χ1n) is 10.5. The van der Waals surface area contributed by atoms with E-state index in [4.69, 9.17) is 9.47 Å². The fourth-order valence-electron chi connectivity index (χ4n) is 2.81. The molecule has 0 fully saturated rings. The highest BCUT2D eigenvalue weighted by molar-refractivity contribution is 5.79. The van der Waals surface area contributed by atoms with E-state index in [1.165, 1.54) is 24.8 Å². The summed E-state index contributed by atoms with van der Waals surface area (Å²) in [5.74, 6) is 2.22. The van der Waals surface area contributed by atoms with Crippen LogP contribution in [0.15, 0.2) is 18.2 Å². The maximum Gasteiger partial charge on any atom is 0.170 e. The van der Waals surface area contributed by atoms with Crippen molar-refractivity contribution in [3.63, 3.8) is 0 Å². The topological polar surface area (TPSA) is 35.5 Å². The summed E-state index contributed by atoms with van der Waals surface area (Å²) in [7, 11) is 0. The zero-order chi connectivity index (χ0) is 19.2. The van der Waals surface area contributed by atoms with Crippen LogP contribution >= 0.6 is 0 Å². The molecule has 0 heterocycles. The molecule has 0 aromatic heterocycles. The molecule has 0 saturated heterocycles. The van der Waals surface area contributed by atoms with Crippen molar-refractivity contribution in [3.8, 4) is 11.5 Å². The van der Waals surface area contributed by atoms with Gasteiger partial charge in [-0.2, -0.15) is 0 Å². The maximum atomic E-state index is 12.0. The summed E-state index contributed by atoms with van der Waals surface area (Å²) in [4.78, 5) is 12.0. The van der Waals surface area contributed by atoms with Crippen LogP contribution in [0.3, 0.4) is 0 Å². The summed E-state index contributed by atoms with van der Waals surface area (Å²) < 4.78 is 11.7. The van der Waals surface area contributed by atoms with Gasteiger partial charge in [0.15, 0.2) is 5.78 Å². The van der Waals surface area contributed by atoms with Crippen LogP contribution in [0.1, 0.15) is 97.0 Å². The number of ketones is 1. The Morgan fingerprint density at radius 1 is 0.885 bits per heavy atom. The average Bonchev–Trinajstić information content (AvgIpc) is 2.65. The van der Waals surface area contributed by atoms with Crippen LogP contribution in [0.2, 0.25) is 0 Å². The smallest absolute Gasteiger partial charge is 0.170 e. The molecule has 1 aromatic rings.